The van der Waals surface area contributed by atoms with Gasteiger partial charge in [-0.15, -0.1) is 11.8 Å². The van der Waals surface area contributed by atoms with Gasteiger partial charge < -0.3 is 5.11 Å². The highest BCUT2D eigenvalue weighted by atomic mass is 35.5. The Labute approximate surface area is 121 Å². The molecule has 1 rings (SSSR count). The van der Waals surface area contributed by atoms with Gasteiger partial charge in [0.1, 0.15) is 5.02 Å². The molecular formula is C12H15Cl3OS. The van der Waals surface area contributed by atoms with Gasteiger partial charge >= 0.3 is 0 Å². The highest BCUT2D eigenvalue weighted by Crippen LogP contribution is 2.43. The van der Waals surface area contributed by atoms with Crippen molar-refractivity contribution in [3.63, 3.8) is 0 Å². The molecule has 0 bridgehead atoms. The maximum atomic E-state index is 9.50. The molecule has 17 heavy (non-hydrogen) atoms. The predicted octanol–water partition coefficient (Wildman–Crippen LogP) is 5.88. The van der Waals surface area contributed by atoms with Crippen molar-refractivity contribution in [2.24, 2.45) is 5.92 Å². The lowest BCUT2D eigenvalue weighted by atomic mass is 10.1. The van der Waals surface area contributed by atoms with Crippen molar-refractivity contribution < 1.29 is 5.11 Å². The Morgan fingerprint density at radius 3 is 2.47 bits per heavy atom. The molecule has 0 unspecified atom stereocenters. The van der Waals surface area contributed by atoms with E-state index in [4.69, 9.17) is 34.8 Å². The lowest BCUT2D eigenvalue weighted by Crippen LogP contribution is -1.89. The quantitative estimate of drug-likeness (QED) is 0.416. The fourth-order valence-corrected chi connectivity index (χ4v) is 3.19. The fraction of sp³-hybridized carbons (Fsp3) is 0.500. The van der Waals surface area contributed by atoms with Crippen LogP contribution in [0.3, 0.4) is 0 Å². The SMILES string of the molecule is CC(C)CCCSc1cc(Cl)c(O)c(Cl)c1Cl. The minimum atomic E-state index is -0.148. The minimum Gasteiger partial charge on any atom is -0.505 e. The largest absolute Gasteiger partial charge is 0.505 e. The van der Waals surface area contributed by atoms with Crippen molar-refractivity contribution in [2.45, 2.75) is 31.6 Å². The van der Waals surface area contributed by atoms with Gasteiger partial charge in [0.05, 0.1) is 10.0 Å². The molecule has 0 heterocycles. The fourth-order valence-electron chi connectivity index (χ4n) is 1.34. The van der Waals surface area contributed by atoms with Gasteiger partial charge in [0.25, 0.3) is 0 Å². The van der Waals surface area contributed by atoms with Gasteiger partial charge in [-0.05, 0) is 24.2 Å². The topological polar surface area (TPSA) is 20.2 Å². The van der Waals surface area contributed by atoms with Crippen LogP contribution in [0.4, 0.5) is 0 Å². The summed E-state index contributed by atoms with van der Waals surface area (Å²) in [6.07, 6.45) is 2.30. The first-order valence-corrected chi connectivity index (χ1v) is 7.54. The van der Waals surface area contributed by atoms with E-state index in [1.165, 1.54) is 6.42 Å². The molecule has 1 N–H and O–H groups in total. The van der Waals surface area contributed by atoms with Gasteiger partial charge in [0.15, 0.2) is 5.75 Å². The second kappa shape index (κ2) is 6.98. The van der Waals surface area contributed by atoms with Gasteiger partial charge in [0, 0.05) is 4.90 Å². The van der Waals surface area contributed by atoms with Crippen LogP contribution < -0.4 is 0 Å². The Hall–Kier alpha value is 0.240. The van der Waals surface area contributed by atoms with E-state index < -0.39 is 0 Å². The number of benzene rings is 1. The molecule has 0 radical (unpaired) electrons. The summed E-state index contributed by atoms with van der Waals surface area (Å²) in [5.41, 5.74) is 0. The van der Waals surface area contributed by atoms with Crippen molar-refractivity contribution in [3.05, 3.63) is 21.1 Å². The van der Waals surface area contributed by atoms with Crippen LogP contribution in [0.2, 0.25) is 15.1 Å². The summed E-state index contributed by atoms with van der Waals surface area (Å²) in [5.74, 6) is 1.53. The molecule has 96 valence electrons. The summed E-state index contributed by atoms with van der Waals surface area (Å²) < 4.78 is 0. The normalized spacial score (nSPS) is 11.2. The van der Waals surface area contributed by atoms with Gasteiger partial charge in [0.2, 0.25) is 0 Å². The molecule has 0 saturated carbocycles. The summed E-state index contributed by atoms with van der Waals surface area (Å²) in [6, 6.07) is 1.66. The Kier molecular flexibility index (Phi) is 6.28. The average Bonchev–Trinajstić information content (AvgIpc) is 2.27. The van der Waals surface area contributed by atoms with E-state index in [1.54, 1.807) is 17.8 Å². The van der Waals surface area contributed by atoms with Crippen LogP contribution in [0.5, 0.6) is 5.75 Å². The Balaban J connectivity index is 2.66. The maximum Gasteiger partial charge on any atom is 0.154 e. The maximum absolute atomic E-state index is 9.50. The zero-order valence-corrected chi connectivity index (χ0v) is 12.8. The molecule has 1 aromatic rings. The molecule has 1 nitrogen and oxygen atoms in total. The van der Waals surface area contributed by atoms with Crippen LogP contribution in [0.1, 0.15) is 26.7 Å². The third-order valence-electron chi connectivity index (χ3n) is 2.28. The smallest absolute Gasteiger partial charge is 0.154 e. The second-order valence-corrected chi connectivity index (χ2v) is 6.52. The average molecular weight is 314 g/mol. The standard InChI is InChI=1S/C12H15Cl3OS/c1-7(2)4-3-5-17-9-6-8(13)12(16)11(15)10(9)14/h6-7,16H,3-5H2,1-2H3. The van der Waals surface area contributed by atoms with Crippen molar-refractivity contribution in [1.29, 1.82) is 0 Å². The minimum absolute atomic E-state index is 0.130. The number of hydrogen-bond acceptors (Lipinski definition) is 2. The molecule has 0 aliphatic rings. The van der Waals surface area contributed by atoms with Crippen molar-refractivity contribution in [1.82, 2.24) is 0 Å². The Bertz CT molecular complexity index is 394. The Morgan fingerprint density at radius 1 is 1.24 bits per heavy atom. The van der Waals surface area contributed by atoms with Crippen LogP contribution in [0.25, 0.3) is 0 Å². The van der Waals surface area contributed by atoms with E-state index >= 15 is 0 Å². The summed E-state index contributed by atoms with van der Waals surface area (Å²) in [4.78, 5) is 0.822. The molecule has 1 aromatic carbocycles. The van der Waals surface area contributed by atoms with E-state index in [0.717, 1.165) is 17.1 Å². The molecule has 0 saturated heterocycles. The van der Waals surface area contributed by atoms with Crippen LogP contribution >= 0.6 is 46.6 Å². The molecule has 0 amide bonds. The van der Waals surface area contributed by atoms with E-state index in [9.17, 15) is 5.11 Å². The number of hydrogen-bond donors (Lipinski definition) is 1. The van der Waals surface area contributed by atoms with E-state index in [1.807, 2.05) is 0 Å². The van der Waals surface area contributed by atoms with Gasteiger partial charge in [-0.25, -0.2) is 0 Å². The third-order valence-corrected chi connectivity index (χ3v) is 4.67. The van der Waals surface area contributed by atoms with Crippen LogP contribution in [0.15, 0.2) is 11.0 Å². The molecule has 0 aliphatic heterocycles. The number of thioether (sulfide) groups is 1. The van der Waals surface area contributed by atoms with E-state index in [-0.39, 0.29) is 15.8 Å². The highest BCUT2D eigenvalue weighted by molar-refractivity contribution is 7.99. The second-order valence-electron chi connectivity index (χ2n) is 4.22. The van der Waals surface area contributed by atoms with Crippen molar-refractivity contribution in [2.75, 3.05) is 5.75 Å². The lowest BCUT2D eigenvalue weighted by molar-refractivity contribution is 0.475. The molecule has 0 spiro atoms. The van der Waals surface area contributed by atoms with Crippen molar-refractivity contribution in [3.8, 4) is 5.75 Å². The molecule has 0 aliphatic carbocycles. The summed E-state index contributed by atoms with van der Waals surface area (Å²) in [7, 11) is 0. The number of phenols is 1. The van der Waals surface area contributed by atoms with Gasteiger partial charge in [-0.3, -0.25) is 0 Å². The highest BCUT2D eigenvalue weighted by Gasteiger charge is 2.14. The zero-order chi connectivity index (χ0) is 13.0. The van der Waals surface area contributed by atoms with Crippen LogP contribution in [0, 0.1) is 5.92 Å². The van der Waals surface area contributed by atoms with Gasteiger partial charge in [-0.1, -0.05) is 55.1 Å². The predicted molar refractivity (Wildman–Crippen MR) is 77.9 cm³/mol. The third kappa shape index (κ3) is 4.44. The molecule has 5 heteroatoms. The number of halogens is 3. The van der Waals surface area contributed by atoms with E-state index in [0.29, 0.717) is 10.9 Å². The van der Waals surface area contributed by atoms with Crippen LogP contribution in [-0.2, 0) is 0 Å². The first-order valence-electron chi connectivity index (χ1n) is 5.42. The van der Waals surface area contributed by atoms with Crippen LogP contribution in [-0.4, -0.2) is 10.9 Å². The summed E-state index contributed by atoms with van der Waals surface area (Å²) in [5, 5.41) is 10.2. The number of aromatic hydroxyl groups is 1. The molecule has 0 fully saturated rings. The zero-order valence-electron chi connectivity index (χ0n) is 9.77. The molecule has 0 aromatic heterocycles. The molecular weight excluding hydrogens is 299 g/mol. The Morgan fingerprint density at radius 2 is 1.88 bits per heavy atom. The number of rotatable bonds is 5. The first kappa shape index (κ1) is 15.3. The summed E-state index contributed by atoms with van der Waals surface area (Å²) >= 11 is 19.4. The first-order chi connectivity index (χ1) is 7.93. The van der Waals surface area contributed by atoms with Crippen molar-refractivity contribution >= 4 is 46.6 Å². The molecule has 0 atom stereocenters. The lowest BCUT2D eigenvalue weighted by Gasteiger charge is -2.09. The summed E-state index contributed by atoms with van der Waals surface area (Å²) in [6.45, 7) is 4.40. The number of phenolic OH excluding ortho intramolecular Hbond substituents is 1. The monoisotopic (exact) mass is 312 g/mol. The van der Waals surface area contributed by atoms with E-state index in [2.05, 4.69) is 13.8 Å². The van der Waals surface area contributed by atoms with Gasteiger partial charge in [-0.2, -0.15) is 0 Å².